The van der Waals surface area contributed by atoms with Gasteiger partial charge in [0.15, 0.2) is 5.69 Å². The Bertz CT molecular complexity index is 712. The van der Waals surface area contributed by atoms with E-state index in [9.17, 15) is 9.59 Å². The van der Waals surface area contributed by atoms with E-state index in [4.69, 9.17) is 11.5 Å². The number of nitrogens with zero attached hydrogens (tertiary/aromatic N) is 2. The predicted octanol–water partition coefficient (Wildman–Crippen LogP) is 1.22. The van der Waals surface area contributed by atoms with Crippen LogP contribution in [0.1, 0.15) is 47.7 Å². The van der Waals surface area contributed by atoms with E-state index in [1.165, 1.54) is 10.7 Å². The monoisotopic (exact) mass is 329 g/mol. The first-order valence-corrected chi connectivity index (χ1v) is 7.94. The maximum Gasteiger partial charge on any atom is 0.272 e. The first-order valence-electron chi connectivity index (χ1n) is 7.94. The Hall–Kier alpha value is -2.67. The van der Waals surface area contributed by atoms with Crippen LogP contribution in [-0.4, -0.2) is 33.7 Å². The zero-order valence-electron chi connectivity index (χ0n) is 14.0. The molecule has 0 bridgehead atoms. The van der Waals surface area contributed by atoms with Gasteiger partial charge in [-0.3, -0.25) is 9.59 Å². The van der Waals surface area contributed by atoms with E-state index in [1.807, 2.05) is 32.0 Å². The summed E-state index contributed by atoms with van der Waals surface area (Å²) in [5, 5.41) is 7.19. The zero-order valence-corrected chi connectivity index (χ0v) is 14.0. The molecule has 0 aliphatic heterocycles. The van der Waals surface area contributed by atoms with Gasteiger partial charge in [0, 0.05) is 12.6 Å². The molecule has 0 atom stereocenters. The van der Waals surface area contributed by atoms with Gasteiger partial charge in [0.25, 0.3) is 11.8 Å². The molecule has 2 amide bonds. The molecule has 0 aliphatic rings. The lowest BCUT2D eigenvalue weighted by molar-refractivity contribution is 0.0889. The molecule has 0 radical (unpaired) electrons. The van der Waals surface area contributed by atoms with Crippen LogP contribution >= 0.6 is 0 Å². The van der Waals surface area contributed by atoms with Crippen molar-refractivity contribution in [2.75, 3.05) is 6.54 Å². The van der Waals surface area contributed by atoms with E-state index in [0.29, 0.717) is 25.1 Å². The van der Waals surface area contributed by atoms with Crippen LogP contribution in [0.25, 0.3) is 5.69 Å². The third kappa shape index (κ3) is 3.46. The first-order chi connectivity index (χ1) is 11.5. The van der Waals surface area contributed by atoms with Gasteiger partial charge in [-0.05, 0) is 25.0 Å². The fraction of sp³-hybridized carbons (Fsp3) is 0.353. The number of amides is 2. The van der Waals surface area contributed by atoms with E-state index in [1.54, 1.807) is 12.1 Å². The van der Waals surface area contributed by atoms with E-state index in [0.717, 1.165) is 0 Å². The molecule has 0 saturated carbocycles. The number of nitrogens with two attached hydrogens (primary N) is 2. The van der Waals surface area contributed by atoms with E-state index >= 15 is 0 Å². The minimum absolute atomic E-state index is 0.132. The lowest BCUT2D eigenvalue weighted by Gasteiger charge is -2.31. The fourth-order valence-corrected chi connectivity index (χ4v) is 2.50. The van der Waals surface area contributed by atoms with Gasteiger partial charge in [0.2, 0.25) is 0 Å². The van der Waals surface area contributed by atoms with E-state index < -0.39 is 11.4 Å². The number of aromatic nitrogens is 2. The summed E-state index contributed by atoms with van der Waals surface area (Å²) < 4.78 is 1.37. The van der Waals surface area contributed by atoms with Gasteiger partial charge in [-0.2, -0.15) is 5.10 Å². The average molecular weight is 329 g/mol. The summed E-state index contributed by atoms with van der Waals surface area (Å²) in [6, 6.07) is 10.4. The Labute approximate surface area is 141 Å². The second-order valence-corrected chi connectivity index (χ2v) is 5.67. The van der Waals surface area contributed by atoms with Crippen molar-refractivity contribution in [1.82, 2.24) is 15.1 Å². The Morgan fingerprint density at radius 3 is 2.33 bits per heavy atom. The predicted molar refractivity (Wildman–Crippen MR) is 91.9 cm³/mol. The molecule has 2 rings (SSSR count). The van der Waals surface area contributed by atoms with E-state index in [-0.39, 0.29) is 17.3 Å². The second kappa shape index (κ2) is 7.27. The molecule has 128 valence electrons. The molecule has 24 heavy (non-hydrogen) atoms. The summed E-state index contributed by atoms with van der Waals surface area (Å²) >= 11 is 0. The molecule has 1 aromatic carbocycles. The smallest absolute Gasteiger partial charge is 0.272 e. The molecule has 0 unspecified atom stereocenters. The number of para-hydroxylation sites is 1. The van der Waals surface area contributed by atoms with Crippen molar-refractivity contribution in [3.63, 3.8) is 0 Å². The summed E-state index contributed by atoms with van der Waals surface area (Å²) in [5.74, 6) is -1.03. The number of nitrogens with one attached hydrogen (secondary N) is 1. The SMILES string of the molecule is CCC(CC)(CN)NC(=O)c1cc(C(N)=O)n(-c2ccccc2)n1. The molecular weight excluding hydrogens is 306 g/mol. The van der Waals surface area contributed by atoms with E-state index in [2.05, 4.69) is 10.4 Å². The van der Waals surface area contributed by atoms with Gasteiger partial charge < -0.3 is 16.8 Å². The fourth-order valence-electron chi connectivity index (χ4n) is 2.50. The molecule has 1 heterocycles. The third-order valence-electron chi connectivity index (χ3n) is 4.32. The highest BCUT2D eigenvalue weighted by molar-refractivity contribution is 5.98. The Kier molecular flexibility index (Phi) is 5.35. The van der Waals surface area contributed by atoms with Crippen molar-refractivity contribution >= 4 is 11.8 Å². The molecule has 1 aromatic heterocycles. The second-order valence-electron chi connectivity index (χ2n) is 5.67. The van der Waals surface area contributed by atoms with Crippen LogP contribution in [-0.2, 0) is 0 Å². The molecule has 0 saturated heterocycles. The van der Waals surface area contributed by atoms with Crippen molar-refractivity contribution in [3.8, 4) is 5.69 Å². The zero-order chi connectivity index (χ0) is 17.7. The Morgan fingerprint density at radius 1 is 1.21 bits per heavy atom. The molecule has 5 N–H and O–H groups in total. The first kappa shape index (κ1) is 17.7. The van der Waals surface area contributed by atoms with Crippen LogP contribution in [0.5, 0.6) is 0 Å². The quantitative estimate of drug-likeness (QED) is 0.708. The summed E-state index contributed by atoms with van der Waals surface area (Å²) in [7, 11) is 0. The minimum atomic E-state index is -0.651. The largest absolute Gasteiger partial charge is 0.364 e. The lowest BCUT2D eigenvalue weighted by Crippen LogP contribution is -2.53. The maximum absolute atomic E-state index is 12.6. The number of hydrogen-bond acceptors (Lipinski definition) is 4. The average Bonchev–Trinajstić information content (AvgIpc) is 3.06. The van der Waals surface area contributed by atoms with Crippen LogP contribution < -0.4 is 16.8 Å². The molecular formula is C17H23N5O2. The molecule has 2 aromatic rings. The number of primary amides is 1. The lowest BCUT2D eigenvalue weighted by atomic mass is 9.93. The standard InChI is InChI=1S/C17H23N5O2/c1-3-17(4-2,11-18)20-16(24)13-10-14(15(19)23)22(21-13)12-8-6-5-7-9-12/h5-10H,3-4,11,18H2,1-2H3,(H2,19,23)(H,20,24). The summed E-state index contributed by atoms with van der Waals surface area (Å²) in [6.07, 6.45) is 1.40. The van der Waals surface area contributed by atoms with Crippen molar-refractivity contribution in [2.45, 2.75) is 32.2 Å². The normalized spacial score (nSPS) is 11.3. The highest BCUT2D eigenvalue weighted by Gasteiger charge is 2.28. The summed E-state index contributed by atoms with van der Waals surface area (Å²) in [6.45, 7) is 4.26. The Morgan fingerprint density at radius 2 is 1.83 bits per heavy atom. The van der Waals surface area contributed by atoms with Gasteiger partial charge in [-0.1, -0.05) is 32.0 Å². The van der Waals surface area contributed by atoms with Crippen molar-refractivity contribution in [3.05, 3.63) is 47.8 Å². The van der Waals surface area contributed by atoms with Crippen LogP contribution in [0.3, 0.4) is 0 Å². The molecule has 0 fully saturated rings. The maximum atomic E-state index is 12.6. The number of carbonyl (C=O) groups is 2. The minimum Gasteiger partial charge on any atom is -0.364 e. The van der Waals surface area contributed by atoms with Crippen molar-refractivity contribution in [1.29, 1.82) is 0 Å². The molecule has 0 aliphatic carbocycles. The van der Waals surface area contributed by atoms with Crippen molar-refractivity contribution < 1.29 is 9.59 Å². The summed E-state index contributed by atoms with van der Waals surface area (Å²) in [5.41, 5.74) is 11.7. The topological polar surface area (TPSA) is 116 Å². The molecule has 7 nitrogen and oxygen atoms in total. The summed E-state index contributed by atoms with van der Waals surface area (Å²) in [4.78, 5) is 24.3. The number of carbonyl (C=O) groups excluding carboxylic acids is 2. The van der Waals surface area contributed by atoms with Crippen LogP contribution in [0.4, 0.5) is 0 Å². The Balaban J connectivity index is 2.38. The van der Waals surface area contributed by atoms with Gasteiger partial charge >= 0.3 is 0 Å². The number of hydrogen-bond donors (Lipinski definition) is 3. The van der Waals surface area contributed by atoms with Crippen LogP contribution in [0.15, 0.2) is 36.4 Å². The third-order valence-corrected chi connectivity index (χ3v) is 4.32. The van der Waals surface area contributed by atoms with Gasteiger partial charge in [0.05, 0.1) is 11.2 Å². The number of rotatable bonds is 7. The van der Waals surface area contributed by atoms with Gasteiger partial charge in [-0.25, -0.2) is 4.68 Å². The molecule has 0 spiro atoms. The van der Waals surface area contributed by atoms with Crippen molar-refractivity contribution in [2.24, 2.45) is 11.5 Å². The molecule has 7 heteroatoms. The highest BCUT2D eigenvalue weighted by Crippen LogP contribution is 2.16. The van der Waals surface area contributed by atoms with Gasteiger partial charge in [0.1, 0.15) is 5.69 Å². The highest BCUT2D eigenvalue weighted by atomic mass is 16.2. The van der Waals surface area contributed by atoms with Crippen LogP contribution in [0, 0.1) is 0 Å². The van der Waals surface area contributed by atoms with Gasteiger partial charge in [-0.15, -0.1) is 0 Å². The van der Waals surface area contributed by atoms with Crippen LogP contribution in [0.2, 0.25) is 0 Å². The number of benzene rings is 1.